The molecule has 4 heterocycles. The van der Waals surface area contributed by atoms with Gasteiger partial charge < -0.3 is 5.32 Å². The molecule has 1 N–H and O–H groups in total. The first-order chi connectivity index (χ1) is 13.5. The zero-order valence-electron chi connectivity index (χ0n) is 17.2. The van der Waals surface area contributed by atoms with Gasteiger partial charge in [-0.1, -0.05) is 13.0 Å². The van der Waals surface area contributed by atoms with Gasteiger partial charge in [0.15, 0.2) is 0 Å². The lowest BCUT2D eigenvalue weighted by Crippen LogP contribution is -2.49. The SMILES string of the molecule is CC[C@@]1(C(=O)NCCc2cccnc2)C[C@@H]2CC[C@H]1N2Cc1cnn(C)c1C. The van der Waals surface area contributed by atoms with Gasteiger partial charge in [0.1, 0.15) is 0 Å². The Morgan fingerprint density at radius 3 is 2.89 bits per heavy atom. The van der Waals surface area contributed by atoms with Gasteiger partial charge in [0, 0.05) is 55.9 Å². The maximum Gasteiger partial charge on any atom is 0.227 e. The number of carbonyl (C=O) groups is 1. The third-order valence-corrected chi connectivity index (χ3v) is 7.08. The molecule has 2 bridgehead atoms. The summed E-state index contributed by atoms with van der Waals surface area (Å²) in [6.07, 6.45) is 10.7. The standard InChI is InChI=1S/C22H31N5O/c1-4-22(21(28)24-11-9-17-6-5-10-23-13-17)12-19-7-8-20(22)27(19)15-18-14-25-26(3)16(18)2/h5-6,10,13-14,19-20H,4,7-9,11-12,15H2,1-3H3,(H,24,28)/t19-,20+,22+/m0/s1. The number of nitrogens with one attached hydrogen (secondary N) is 1. The van der Waals surface area contributed by atoms with Crippen molar-refractivity contribution in [2.24, 2.45) is 12.5 Å². The Kier molecular flexibility index (Phi) is 5.23. The quantitative estimate of drug-likeness (QED) is 0.801. The van der Waals surface area contributed by atoms with Crippen LogP contribution < -0.4 is 5.32 Å². The first-order valence-electron chi connectivity index (χ1n) is 10.5. The van der Waals surface area contributed by atoms with Crippen LogP contribution in [0.25, 0.3) is 0 Å². The van der Waals surface area contributed by atoms with Gasteiger partial charge >= 0.3 is 0 Å². The van der Waals surface area contributed by atoms with E-state index < -0.39 is 0 Å². The minimum Gasteiger partial charge on any atom is -0.355 e. The van der Waals surface area contributed by atoms with E-state index in [-0.39, 0.29) is 11.3 Å². The van der Waals surface area contributed by atoms with Gasteiger partial charge in [-0.05, 0) is 50.7 Å². The van der Waals surface area contributed by atoms with Crippen molar-refractivity contribution in [3.05, 3.63) is 47.5 Å². The van der Waals surface area contributed by atoms with E-state index in [1.165, 1.54) is 17.7 Å². The molecule has 0 spiro atoms. The average molecular weight is 382 g/mol. The highest BCUT2D eigenvalue weighted by Crippen LogP contribution is 2.52. The molecule has 2 fully saturated rings. The second-order valence-electron chi connectivity index (χ2n) is 8.38. The molecule has 0 saturated carbocycles. The second-order valence-corrected chi connectivity index (χ2v) is 8.38. The topological polar surface area (TPSA) is 63.1 Å². The molecule has 150 valence electrons. The predicted molar refractivity (Wildman–Crippen MR) is 109 cm³/mol. The highest BCUT2D eigenvalue weighted by Gasteiger charge is 2.58. The number of aromatic nitrogens is 3. The van der Waals surface area contributed by atoms with E-state index >= 15 is 0 Å². The number of aryl methyl sites for hydroxylation is 1. The molecule has 2 aromatic heterocycles. The molecule has 2 aromatic rings. The van der Waals surface area contributed by atoms with Gasteiger partial charge in [-0.2, -0.15) is 5.10 Å². The highest BCUT2D eigenvalue weighted by molar-refractivity contribution is 5.84. The van der Waals surface area contributed by atoms with E-state index in [1.807, 2.05) is 30.2 Å². The fourth-order valence-electron chi connectivity index (χ4n) is 5.27. The maximum atomic E-state index is 13.3. The molecule has 3 atom stereocenters. The molecule has 1 amide bonds. The Hall–Kier alpha value is -2.21. The number of carbonyl (C=O) groups excluding carboxylic acids is 1. The smallest absolute Gasteiger partial charge is 0.227 e. The average Bonchev–Trinajstić information content (AvgIpc) is 3.36. The van der Waals surface area contributed by atoms with Crippen molar-refractivity contribution in [3.63, 3.8) is 0 Å². The Morgan fingerprint density at radius 2 is 2.21 bits per heavy atom. The number of rotatable bonds is 7. The van der Waals surface area contributed by atoms with Crippen LogP contribution in [0.5, 0.6) is 0 Å². The Bertz CT molecular complexity index is 833. The first kappa shape index (κ1) is 19.1. The van der Waals surface area contributed by atoms with Crippen LogP contribution in [-0.4, -0.2) is 44.2 Å². The van der Waals surface area contributed by atoms with E-state index in [9.17, 15) is 4.79 Å². The number of hydrogen-bond donors (Lipinski definition) is 1. The number of amides is 1. The zero-order valence-corrected chi connectivity index (χ0v) is 17.2. The Labute approximate surface area is 167 Å². The van der Waals surface area contributed by atoms with Crippen LogP contribution in [0.3, 0.4) is 0 Å². The van der Waals surface area contributed by atoms with Crippen molar-refractivity contribution in [2.45, 2.75) is 64.6 Å². The van der Waals surface area contributed by atoms with Crippen LogP contribution >= 0.6 is 0 Å². The first-order valence-corrected chi connectivity index (χ1v) is 10.5. The molecular weight excluding hydrogens is 350 g/mol. The van der Waals surface area contributed by atoms with Gasteiger partial charge in [-0.15, -0.1) is 0 Å². The third-order valence-electron chi connectivity index (χ3n) is 7.08. The van der Waals surface area contributed by atoms with Crippen molar-refractivity contribution >= 4 is 5.91 Å². The molecule has 6 nitrogen and oxygen atoms in total. The summed E-state index contributed by atoms with van der Waals surface area (Å²) < 4.78 is 1.94. The van der Waals surface area contributed by atoms with Gasteiger partial charge in [0.05, 0.1) is 11.6 Å². The summed E-state index contributed by atoms with van der Waals surface area (Å²) >= 11 is 0. The third kappa shape index (κ3) is 3.24. The van der Waals surface area contributed by atoms with E-state index in [0.29, 0.717) is 18.6 Å². The van der Waals surface area contributed by atoms with Gasteiger partial charge in [-0.25, -0.2) is 0 Å². The van der Waals surface area contributed by atoms with E-state index in [0.717, 1.165) is 37.8 Å². The summed E-state index contributed by atoms with van der Waals surface area (Å²) in [6, 6.07) is 4.84. The minimum atomic E-state index is -0.256. The van der Waals surface area contributed by atoms with Gasteiger partial charge in [-0.3, -0.25) is 19.4 Å². The number of nitrogens with zero attached hydrogens (tertiary/aromatic N) is 4. The van der Waals surface area contributed by atoms with Crippen LogP contribution in [0, 0.1) is 12.3 Å². The number of fused-ring (bicyclic) bond motifs is 2. The molecule has 28 heavy (non-hydrogen) atoms. The van der Waals surface area contributed by atoms with Crippen molar-refractivity contribution in [2.75, 3.05) is 6.54 Å². The van der Waals surface area contributed by atoms with Gasteiger partial charge in [0.2, 0.25) is 5.91 Å². The summed E-state index contributed by atoms with van der Waals surface area (Å²) in [6.45, 7) is 5.87. The zero-order chi connectivity index (χ0) is 19.7. The lowest BCUT2D eigenvalue weighted by molar-refractivity contribution is -0.133. The fourth-order valence-corrected chi connectivity index (χ4v) is 5.27. The molecule has 0 aromatic carbocycles. The molecular formula is C22H31N5O. The largest absolute Gasteiger partial charge is 0.355 e. The van der Waals surface area contributed by atoms with Crippen molar-refractivity contribution in [1.29, 1.82) is 0 Å². The molecule has 2 aliphatic rings. The van der Waals surface area contributed by atoms with Crippen LogP contribution in [0.2, 0.25) is 0 Å². The molecule has 2 aliphatic heterocycles. The number of hydrogen-bond acceptors (Lipinski definition) is 4. The summed E-state index contributed by atoms with van der Waals surface area (Å²) in [5.74, 6) is 0.235. The Balaban J connectivity index is 1.43. The fraction of sp³-hybridized carbons (Fsp3) is 0.591. The van der Waals surface area contributed by atoms with E-state index in [2.05, 4.69) is 40.2 Å². The number of pyridine rings is 1. The Morgan fingerprint density at radius 1 is 1.36 bits per heavy atom. The van der Waals surface area contributed by atoms with Crippen molar-refractivity contribution in [3.8, 4) is 0 Å². The van der Waals surface area contributed by atoms with Crippen molar-refractivity contribution < 1.29 is 4.79 Å². The molecule has 0 aliphatic carbocycles. The maximum absolute atomic E-state index is 13.3. The van der Waals surface area contributed by atoms with Gasteiger partial charge in [0.25, 0.3) is 0 Å². The van der Waals surface area contributed by atoms with Crippen LogP contribution in [-0.2, 0) is 24.8 Å². The summed E-state index contributed by atoms with van der Waals surface area (Å²) in [4.78, 5) is 20.0. The normalized spacial score (nSPS) is 26.7. The van der Waals surface area contributed by atoms with Crippen LogP contribution in [0.1, 0.15) is 49.4 Å². The molecule has 0 unspecified atom stereocenters. The molecule has 0 radical (unpaired) electrons. The highest BCUT2D eigenvalue weighted by atomic mass is 16.2. The van der Waals surface area contributed by atoms with Crippen molar-refractivity contribution in [1.82, 2.24) is 25.0 Å². The van der Waals surface area contributed by atoms with E-state index in [4.69, 9.17) is 0 Å². The molecule has 6 heteroatoms. The lowest BCUT2D eigenvalue weighted by Gasteiger charge is -2.35. The summed E-state index contributed by atoms with van der Waals surface area (Å²) in [5.41, 5.74) is 3.40. The summed E-state index contributed by atoms with van der Waals surface area (Å²) in [7, 11) is 1.99. The predicted octanol–water partition coefficient (Wildman–Crippen LogP) is 2.62. The molecule has 2 saturated heterocycles. The lowest BCUT2D eigenvalue weighted by atomic mass is 9.71. The monoisotopic (exact) mass is 381 g/mol. The van der Waals surface area contributed by atoms with E-state index in [1.54, 1.807) is 6.20 Å². The van der Waals surface area contributed by atoms with Crippen LogP contribution in [0.4, 0.5) is 0 Å². The summed E-state index contributed by atoms with van der Waals surface area (Å²) in [5, 5.41) is 7.64. The second kappa shape index (κ2) is 7.66. The molecule has 4 rings (SSSR count). The van der Waals surface area contributed by atoms with Crippen LogP contribution in [0.15, 0.2) is 30.7 Å². The minimum absolute atomic E-state index is 0.235.